The van der Waals surface area contributed by atoms with Crippen molar-refractivity contribution < 1.29 is 45.3 Å². The highest BCUT2D eigenvalue weighted by molar-refractivity contribution is 5.93. The Kier molecular flexibility index (Phi) is 10.8. The van der Waals surface area contributed by atoms with Crippen molar-refractivity contribution in [1.82, 2.24) is 19.9 Å². The molecule has 58 heavy (non-hydrogen) atoms. The molecule has 2 fully saturated rings. The molecule has 4 heterocycles. The van der Waals surface area contributed by atoms with E-state index < -0.39 is 57.9 Å². The number of carbonyl (C=O) groups excluding carboxylic acids is 1. The summed E-state index contributed by atoms with van der Waals surface area (Å²) >= 11 is 0. The average molecular weight is 809 g/mol. The van der Waals surface area contributed by atoms with E-state index in [-0.39, 0.29) is 60.8 Å². The molecular formula is C42H42F6N6O4. The quantitative estimate of drug-likeness (QED) is 0.107. The number of aromatic nitrogens is 3. The van der Waals surface area contributed by atoms with Crippen LogP contribution in [0.15, 0.2) is 60.7 Å². The number of piperazine rings is 1. The number of methoxy groups -OCH3 is 2. The van der Waals surface area contributed by atoms with Crippen molar-refractivity contribution in [3.05, 3.63) is 101 Å². The van der Waals surface area contributed by atoms with Crippen LogP contribution in [0.1, 0.15) is 55.9 Å². The van der Waals surface area contributed by atoms with Gasteiger partial charge in [-0.1, -0.05) is 24.3 Å². The smallest absolute Gasteiger partial charge is 0.418 e. The summed E-state index contributed by atoms with van der Waals surface area (Å²) in [4.78, 5) is 29.9. The number of pyridine rings is 1. The fourth-order valence-electron chi connectivity index (χ4n) is 7.78. The zero-order valence-corrected chi connectivity index (χ0v) is 32.8. The molecule has 2 saturated heterocycles. The van der Waals surface area contributed by atoms with Crippen molar-refractivity contribution in [2.75, 3.05) is 37.1 Å². The zero-order valence-electron chi connectivity index (χ0n) is 32.8. The molecule has 0 N–H and O–H groups in total. The number of fused-ring (bicyclic) bond motifs is 3. The van der Waals surface area contributed by atoms with Crippen LogP contribution in [0.4, 0.5) is 42.8 Å². The first-order valence-electron chi connectivity index (χ1n) is 18.7. The fourth-order valence-corrected chi connectivity index (χ4v) is 7.78. The highest BCUT2D eigenvalue weighted by Gasteiger charge is 2.45. The number of aryl methyl sites for hydroxylation is 1. The highest BCUT2D eigenvalue weighted by atomic mass is 19.4. The summed E-state index contributed by atoms with van der Waals surface area (Å²) in [7, 11) is 3.04. The van der Waals surface area contributed by atoms with E-state index in [4.69, 9.17) is 14.2 Å². The molecule has 0 spiro atoms. The molecule has 2 aliphatic heterocycles. The van der Waals surface area contributed by atoms with Crippen LogP contribution in [0.2, 0.25) is 0 Å². The number of ether oxygens (including phenoxy) is 3. The molecule has 5 aromatic rings. The Labute approximate surface area is 331 Å². The van der Waals surface area contributed by atoms with Crippen LogP contribution in [-0.4, -0.2) is 70.9 Å². The first kappa shape index (κ1) is 40.4. The normalized spacial score (nSPS) is 16.8. The highest BCUT2D eigenvalue weighted by Crippen LogP contribution is 2.44. The van der Waals surface area contributed by atoms with Crippen molar-refractivity contribution >= 4 is 28.6 Å². The lowest BCUT2D eigenvalue weighted by Gasteiger charge is -2.42. The van der Waals surface area contributed by atoms with E-state index in [1.54, 1.807) is 84.0 Å². The third-order valence-corrected chi connectivity index (χ3v) is 10.3. The lowest BCUT2D eigenvalue weighted by Crippen LogP contribution is -2.57. The Morgan fingerprint density at radius 1 is 0.828 bits per heavy atom. The number of alkyl halides is 3. The second-order valence-corrected chi connectivity index (χ2v) is 15.5. The maximum absolute atomic E-state index is 16.9. The van der Waals surface area contributed by atoms with Gasteiger partial charge < -0.3 is 24.0 Å². The maximum Gasteiger partial charge on any atom is 0.418 e. The van der Waals surface area contributed by atoms with E-state index in [1.165, 1.54) is 27.2 Å². The summed E-state index contributed by atoms with van der Waals surface area (Å²) in [5.74, 6) is -1.86. The van der Waals surface area contributed by atoms with Crippen molar-refractivity contribution in [2.45, 2.75) is 77.5 Å². The Balaban J connectivity index is 1.32. The third kappa shape index (κ3) is 8.14. The van der Waals surface area contributed by atoms with Gasteiger partial charge in [-0.05, 0) is 93.6 Å². The van der Waals surface area contributed by atoms with E-state index in [2.05, 4.69) is 15.0 Å². The number of amides is 1. The van der Waals surface area contributed by atoms with Crippen LogP contribution in [0.5, 0.6) is 11.5 Å². The van der Waals surface area contributed by atoms with Crippen LogP contribution in [0, 0.1) is 24.6 Å². The molecule has 0 radical (unpaired) electrons. The summed E-state index contributed by atoms with van der Waals surface area (Å²) in [6, 6.07) is 15.4. The predicted octanol–water partition coefficient (Wildman–Crippen LogP) is 9.25. The number of rotatable bonds is 9. The minimum atomic E-state index is -5.09. The Morgan fingerprint density at radius 3 is 1.88 bits per heavy atom. The molecule has 1 amide bonds. The summed E-state index contributed by atoms with van der Waals surface area (Å²) < 4.78 is 110. The van der Waals surface area contributed by atoms with Crippen LogP contribution in [0.25, 0.3) is 22.2 Å². The predicted molar refractivity (Wildman–Crippen MR) is 205 cm³/mol. The Bertz CT molecular complexity index is 2270. The minimum absolute atomic E-state index is 0.000997. The number of halogens is 6. The van der Waals surface area contributed by atoms with Crippen LogP contribution in [-0.2, 0) is 24.0 Å². The minimum Gasteiger partial charge on any atom is -0.497 e. The van der Waals surface area contributed by atoms with E-state index >= 15 is 13.2 Å². The summed E-state index contributed by atoms with van der Waals surface area (Å²) in [5, 5.41) is -0.243. The lowest BCUT2D eigenvalue weighted by molar-refractivity contribution is -0.137. The molecule has 16 heteroatoms. The van der Waals surface area contributed by atoms with Crippen LogP contribution < -0.4 is 19.3 Å². The maximum atomic E-state index is 16.9. The Hall–Kier alpha value is -5.80. The van der Waals surface area contributed by atoms with Gasteiger partial charge in [-0.15, -0.1) is 0 Å². The van der Waals surface area contributed by atoms with Gasteiger partial charge in [0.1, 0.15) is 40.1 Å². The van der Waals surface area contributed by atoms with E-state index in [0.717, 1.165) is 17.2 Å². The molecule has 2 aromatic heterocycles. The first-order chi connectivity index (χ1) is 27.4. The molecule has 2 bridgehead atoms. The number of hydrogen-bond acceptors (Lipinski definition) is 9. The molecule has 2 unspecified atom stereocenters. The van der Waals surface area contributed by atoms with Gasteiger partial charge in [0, 0.05) is 31.6 Å². The molecule has 0 saturated carbocycles. The standard InChI is InChI=1S/C42H42F6N6O4/c1-23-17-32(52(19-24-7-13-28(56-5)14-8-24)20-25-9-15-29(57-6)16-10-25)49-37(34(23)42(46,47)48)33-31(43)18-30-36(35(33)44)50-39(45)51-38(30)53-21-26-11-12-27(22-53)54(26)40(55)58-41(2,3)4/h7-10,13-18,26-27H,11-12,19-22H2,1-6H3. The van der Waals surface area contributed by atoms with Crippen LogP contribution in [0.3, 0.4) is 0 Å². The molecule has 7 rings (SSSR count). The third-order valence-electron chi connectivity index (χ3n) is 10.3. The second kappa shape index (κ2) is 15.5. The van der Waals surface area contributed by atoms with Gasteiger partial charge in [0.05, 0.1) is 43.1 Å². The molecule has 3 aromatic carbocycles. The van der Waals surface area contributed by atoms with E-state index in [9.17, 15) is 18.0 Å². The van der Waals surface area contributed by atoms with Gasteiger partial charge in [-0.25, -0.2) is 18.6 Å². The van der Waals surface area contributed by atoms with Gasteiger partial charge >= 0.3 is 18.3 Å². The van der Waals surface area contributed by atoms with Gasteiger partial charge in [0.2, 0.25) is 0 Å². The molecule has 2 atom stereocenters. The Morgan fingerprint density at radius 2 is 1.38 bits per heavy atom. The number of carbonyl (C=O) groups is 1. The number of hydrogen-bond donors (Lipinski definition) is 0. The van der Waals surface area contributed by atoms with E-state index in [1.807, 2.05) is 0 Å². The van der Waals surface area contributed by atoms with Gasteiger partial charge in [0.25, 0.3) is 0 Å². The molecule has 306 valence electrons. The molecule has 0 aliphatic carbocycles. The topological polar surface area (TPSA) is 93.2 Å². The zero-order chi connectivity index (χ0) is 41.7. The number of benzene rings is 3. The summed E-state index contributed by atoms with van der Waals surface area (Å²) in [6.07, 6.45) is -5.75. The van der Waals surface area contributed by atoms with Crippen molar-refractivity contribution in [1.29, 1.82) is 0 Å². The first-order valence-corrected chi connectivity index (χ1v) is 18.7. The largest absolute Gasteiger partial charge is 0.497 e. The number of anilines is 2. The molecular weight excluding hydrogens is 766 g/mol. The average Bonchev–Trinajstić information content (AvgIpc) is 3.43. The van der Waals surface area contributed by atoms with Gasteiger partial charge in [-0.3, -0.25) is 4.90 Å². The molecule has 10 nitrogen and oxygen atoms in total. The summed E-state index contributed by atoms with van der Waals surface area (Å²) in [6.45, 7) is 7.02. The van der Waals surface area contributed by atoms with E-state index in [0.29, 0.717) is 24.3 Å². The van der Waals surface area contributed by atoms with Crippen molar-refractivity contribution in [3.8, 4) is 22.8 Å². The van der Waals surface area contributed by atoms with Crippen molar-refractivity contribution in [3.63, 3.8) is 0 Å². The SMILES string of the molecule is COc1ccc(CN(Cc2ccc(OC)cc2)c2cc(C)c(C(F)(F)F)c(-c3c(F)cc4c(N5CC6CCC(C5)N6C(=O)OC(C)(C)C)nc(F)nc4c3F)n2)cc1. The summed E-state index contributed by atoms with van der Waals surface area (Å²) in [5.41, 5.74) is -3.78. The van der Waals surface area contributed by atoms with Gasteiger partial charge in [-0.2, -0.15) is 27.5 Å². The van der Waals surface area contributed by atoms with Crippen LogP contribution >= 0.6 is 0 Å². The lowest BCUT2D eigenvalue weighted by atomic mass is 9.98. The molecule has 2 aliphatic rings. The van der Waals surface area contributed by atoms with Gasteiger partial charge in [0.15, 0.2) is 5.82 Å². The fraction of sp³-hybridized carbons (Fsp3) is 0.381. The number of nitrogens with zero attached hydrogens (tertiary/aromatic N) is 6. The van der Waals surface area contributed by atoms with Crippen molar-refractivity contribution in [2.24, 2.45) is 0 Å². The second-order valence-electron chi connectivity index (χ2n) is 15.5. The monoisotopic (exact) mass is 808 g/mol.